The molecule has 0 saturated carbocycles. The fourth-order valence-corrected chi connectivity index (χ4v) is 6.07. The van der Waals surface area contributed by atoms with Gasteiger partial charge in [0.2, 0.25) is 5.91 Å². The molecule has 9 nitrogen and oxygen atoms in total. The van der Waals surface area contributed by atoms with Gasteiger partial charge in [-0.3, -0.25) is 9.59 Å². The Kier molecular flexibility index (Phi) is 12.0. The smallest absolute Gasteiger partial charge is 0.332 e. The van der Waals surface area contributed by atoms with Crippen LogP contribution in [0.3, 0.4) is 0 Å². The van der Waals surface area contributed by atoms with Crippen LogP contribution >= 0.6 is 11.3 Å². The van der Waals surface area contributed by atoms with Crippen LogP contribution in [0.2, 0.25) is 0 Å². The summed E-state index contributed by atoms with van der Waals surface area (Å²) in [5.74, 6) is -0.992. The fourth-order valence-electron chi connectivity index (χ4n) is 5.10. The van der Waals surface area contributed by atoms with E-state index in [0.717, 1.165) is 21.6 Å². The predicted octanol–water partition coefficient (Wildman–Crippen LogP) is 7.54. The topological polar surface area (TPSA) is 120 Å². The lowest BCUT2D eigenvalue weighted by Gasteiger charge is -2.35. The zero-order chi connectivity index (χ0) is 36.9. The molecule has 2 N–H and O–H groups in total. The Labute approximate surface area is 300 Å². The number of aromatic nitrogens is 2. The number of esters is 1. The van der Waals surface area contributed by atoms with Gasteiger partial charge in [0.25, 0.3) is 5.91 Å². The Morgan fingerprint density at radius 3 is 1.94 bits per heavy atom. The van der Waals surface area contributed by atoms with Gasteiger partial charge in [-0.25, -0.2) is 14.8 Å². The van der Waals surface area contributed by atoms with E-state index in [1.807, 2.05) is 88.4 Å². The van der Waals surface area contributed by atoms with Crippen molar-refractivity contribution in [1.82, 2.24) is 20.6 Å². The van der Waals surface area contributed by atoms with Crippen molar-refractivity contribution in [3.05, 3.63) is 106 Å². The Morgan fingerprint density at radius 2 is 1.40 bits per heavy atom. The lowest BCUT2D eigenvalue weighted by atomic mass is 9.95. The van der Waals surface area contributed by atoms with E-state index in [-0.39, 0.29) is 17.7 Å². The first-order chi connectivity index (χ1) is 23.3. The van der Waals surface area contributed by atoms with Crippen LogP contribution < -0.4 is 10.6 Å². The van der Waals surface area contributed by atoms with E-state index in [1.54, 1.807) is 39.2 Å². The van der Waals surface area contributed by atoms with Gasteiger partial charge in [-0.2, -0.15) is 0 Å². The predicted molar refractivity (Wildman–Crippen MR) is 198 cm³/mol. The molecule has 266 valence electrons. The molecule has 50 heavy (non-hydrogen) atoms. The molecule has 2 heterocycles. The molecule has 2 aromatic carbocycles. The normalized spacial score (nSPS) is 14.0. The Balaban J connectivity index is 1.70. The molecule has 0 spiro atoms. The van der Waals surface area contributed by atoms with Gasteiger partial charge < -0.3 is 20.1 Å². The zero-order valence-corrected chi connectivity index (χ0v) is 31.6. The minimum absolute atomic E-state index is 0.136. The van der Waals surface area contributed by atoms with Crippen LogP contribution in [0, 0.1) is 6.92 Å². The molecule has 2 aromatic heterocycles. The molecule has 0 aliphatic carbocycles. The van der Waals surface area contributed by atoms with Crippen LogP contribution in [0.25, 0.3) is 11.4 Å². The molecule has 2 unspecified atom stereocenters. The van der Waals surface area contributed by atoms with E-state index >= 15 is 0 Å². The molecule has 3 atom stereocenters. The third-order valence-corrected chi connectivity index (χ3v) is 9.00. The van der Waals surface area contributed by atoms with Crippen LogP contribution in [0.5, 0.6) is 0 Å². The minimum atomic E-state index is -1.22. The average molecular weight is 699 g/mol. The van der Waals surface area contributed by atoms with Crippen LogP contribution in [-0.4, -0.2) is 51.0 Å². The van der Waals surface area contributed by atoms with Crippen LogP contribution in [0.15, 0.2) is 79.1 Å². The molecular formula is C40H50N4O5S. The molecule has 2 amide bonds. The summed E-state index contributed by atoms with van der Waals surface area (Å²) in [5, 5.41) is 5.90. The number of thiophene rings is 1. The third kappa shape index (κ3) is 11.1. The second-order valence-corrected chi connectivity index (χ2v) is 16.6. The number of hydrogen-bond acceptors (Lipinski definition) is 8. The molecular weight excluding hydrogens is 649 g/mol. The van der Waals surface area contributed by atoms with E-state index in [9.17, 15) is 14.4 Å². The molecule has 0 aliphatic heterocycles. The van der Waals surface area contributed by atoms with Gasteiger partial charge >= 0.3 is 5.97 Å². The van der Waals surface area contributed by atoms with Gasteiger partial charge in [0.1, 0.15) is 17.7 Å². The highest BCUT2D eigenvalue weighted by molar-refractivity contribution is 7.14. The van der Waals surface area contributed by atoms with Crippen molar-refractivity contribution >= 4 is 29.1 Å². The van der Waals surface area contributed by atoms with E-state index in [1.165, 1.54) is 11.3 Å². The van der Waals surface area contributed by atoms with Crippen molar-refractivity contribution in [3.8, 4) is 11.4 Å². The van der Waals surface area contributed by atoms with Gasteiger partial charge in [0.05, 0.1) is 10.5 Å². The number of nitrogens with zero attached hydrogens (tertiary/aromatic N) is 2. The fraction of sp³-hybridized carbons (Fsp3) is 0.425. The second kappa shape index (κ2) is 15.6. The number of rotatable bonds is 11. The number of ether oxygens (including phenoxy) is 2. The largest absolute Gasteiger partial charge is 0.458 e. The Hall–Kier alpha value is -4.41. The molecule has 0 bridgehead atoms. The van der Waals surface area contributed by atoms with Crippen LogP contribution in [0.4, 0.5) is 0 Å². The lowest BCUT2D eigenvalue weighted by Crippen LogP contribution is -2.55. The Bertz CT molecular complexity index is 1750. The Morgan fingerprint density at radius 1 is 0.780 bits per heavy atom. The number of hydrogen-bond donors (Lipinski definition) is 2. The first kappa shape index (κ1) is 38.4. The number of aryl methyl sites for hydroxylation is 1. The monoisotopic (exact) mass is 698 g/mol. The molecule has 0 fully saturated rings. The molecule has 0 aliphatic rings. The summed E-state index contributed by atoms with van der Waals surface area (Å²) >= 11 is 1.39. The summed E-state index contributed by atoms with van der Waals surface area (Å²) in [4.78, 5) is 52.3. The van der Waals surface area contributed by atoms with Gasteiger partial charge in [0, 0.05) is 29.3 Å². The van der Waals surface area contributed by atoms with Gasteiger partial charge in [0.15, 0.2) is 11.9 Å². The van der Waals surface area contributed by atoms with E-state index in [2.05, 4.69) is 41.4 Å². The summed E-state index contributed by atoms with van der Waals surface area (Å²) < 4.78 is 12.3. The van der Waals surface area contributed by atoms with Crippen LogP contribution in [-0.2, 0) is 30.9 Å². The molecule has 4 aromatic rings. The number of amides is 2. The maximum absolute atomic E-state index is 14.4. The molecule has 0 radical (unpaired) electrons. The van der Waals surface area contributed by atoms with E-state index in [4.69, 9.17) is 9.47 Å². The van der Waals surface area contributed by atoms with Crippen molar-refractivity contribution in [3.63, 3.8) is 0 Å². The van der Waals surface area contributed by atoms with E-state index < -0.39 is 41.3 Å². The van der Waals surface area contributed by atoms with Crippen molar-refractivity contribution in [1.29, 1.82) is 0 Å². The molecule has 10 heteroatoms. The summed E-state index contributed by atoms with van der Waals surface area (Å²) in [6.45, 7) is 19.2. The van der Waals surface area contributed by atoms with Crippen molar-refractivity contribution in [2.24, 2.45) is 0 Å². The maximum atomic E-state index is 14.4. The summed E-state index contributed by atoms with van der Waals surface area (Å²) in [7, 11) is 0. The number of carbonyl (C=O) groups excluding carboxylic acids is 3. The zero-order valence-electron chi connectivity index (χ0n) is 30.8. The third-order valence-electron chi connectivity index (χ3n) is 7.49. The number of carbonyl (C=O) groups is 3. The molecule has 4 rings (SSSR count). The minimum Gasteiger partial charge on any atom is -0.458 e. The van der Waals surface area contributed by atoms with Gasteiger partial charge in [-0.15, -0.1) is 11.3 Å². The van der Waals surface area contributed by atoms with Crippen molar-refractivity contribution in [2.45, 2.75) is 110 Å². The lowest BCUT2D eigenvalue weighted by molar-refractivity contribution is -0.167. The standard InChI is InChI=1S/C40H50N4O5S/c1-25-23-41-34(42-24-25)28-18-16-26(17-19-28)22-29(43-36(46)30-20-21-31(50-30)38(2,3)4)35(45)44-32(37(47)49-40(8,9)10)33(48-39(5,6)7)27-14-12-11-13-15-27/h11-21,23-24,29,32-33H,22H2,1-10H3,(H,43,46)(H,44,45)/t29-,32?,33?/m0/s1. The highest BCUT2D eigenvalue weighted by Crippen LogP contribution is 2.31. The van der Waals surface area contributed by atoms with Gasteiger partial charge in [-0.05, 0) is 82.7 Å². The number of benzene rings is 2. The highest BCUT2D eigenvalue weighted by atomic mass is 32.1. The summed E-state index contributed by atoms with van der Waals surface area (Å²) in [6, 6.07) is 18.3. The van der Waals surface area contributed by atoms with E-state index in [0.29, 0.717) is 16.3 Å². The molecule has 0 saturated heterocycles. The number of nitrogens with one attached hydrogen (secondary N) is 2. The van der Waals surface area contributed by atoms with Crippen molar-refractivity contribution < 1.29 is 23.9 Å². The summed E-state index contributed by atoms with van der Waals surface area (Å²) in [6.07, 6.45) is 2.79. The van der Waals surface area contributed by atoms with Crippen molar-refractivity contribution in [2.75, 3.05) is 0 Å². The quantitative estimate of drug-likeness (QED) is 0.155. The first-order valence-electron chi connectivity index (χ1n) is 16.8. The highest BCUT2D eigenvalue weighted by Gasteiger charge is 2.39. The van der Waals surface area contributed by atoms with Crippen LogP contribution in [0.1, 0.15) is 99.7 Å². The second-order valence-electron chi connectivity index (χ2n) is 15.5. The maximum Gasteiger partial charge on any atom is 0.332 e. The SMILES string of the molecule is Cc1cnc(-c2ccc(C[C@H](NC(=O)c3ccc(C(C)(C)C)s3)C(=O)NC(C(=O)OC(C)(C)C)C(OC(C)(C)C)c3ccccc3)cc2)nc1. The summed E-state index contributed by atoms with van der Waals surface area (Å²) in [5.41, 5.74) is 1.63. The first-order valence-corrected chi connectivity index (χ1v) is 17.7. The van der Waals surface area contributed by atoms with Gasteiger partial charge in [-0.1, -0.05) is 75.4 Å². The average Bonchev–Trinajstić information content (AvgIpc) is 3.54.